The normalized spacial score (nSPS) is 14.5. The largest absolute Gasteiger partial charge is 0.465 e. The molecule has 0 radical (unpaired) electrons. The molecule has 26 heavy (non-hydrogen) atoms. The summed E-state index contributed by atoms with van der Waals surface area (Å²) in [6.45, 7) is 0.0269. The van der Waals surface area contributed by atoms with Gasteiger partial charge in [-0.2, -0.15) is 0 Å². The van der Waals surface area contributed by atoms with Gasteiger partial charge in [0.2, 0.25) is 0 Å². The van der Waals surface area contributed by atoms with Crippen LogP contribution in [0.4, 0.5) is 4.79 Å². The number of benzene rings is 2. The third-order valence-electron chi connectivity index (χ3n) is 4.10. The number of rotatable bonds is 6. The van der Waals surface area contributed by atoms with Gasteiger partial charge in [0.15, 0.2) is 0 Å². The fourth-order valence-corrected chi connectivity index (χ4v) is 3.80. The van der Waals surface area contributed by atoms with Crippen LogP contribution in [0.2, 0.25) is 10.0 Å². The summed E-state index contributed by atoms with van der Waals surface area (Å²) < 4.78 is 12.0. The van der Waals surface area contributed by atoms with Crippen molar-refractivity contribution in [3.8, 4) is 0 Å². The second-order valence-corrected chi connectivity index (χ2v) is 8.04. The van der Waals surface area contributed by atoms with Crippen LogP contribution in [0.15, 0.2) is 47.4 Å². The van der Waals surface area contributed by atoms with E-state index in [-0.39, 0.29) is 6.54 Å². The molecule has 2 aromatic rings. The summed E-state index contributed by atoms with van der Waals surface area (Å²) in [6, 6.07) is 11.8. The van der Waals surface area contributed by atoms with Gasteiger partial charge in [-0.3, -0.25) is 4.21 Å². The Kier molecular flexibility index (Phi) is 7.06. The fourth-order valence-electron chi connectivity index (χ4n) is 2.71. The summed E-state index contributed by atoms with van der Waals surface area (Å²) in [6.07, 6.45) is -0.660. The molecule has 0 saturated heterocycles. The lowest BCUT2D eigenvalue weighted by molar-refractivity contribution is 0.111. The highest BCUT2D eigenvalue weighted by atomic mass is 35.5. The maximum absolute atomic E-state index is 12.0. The standard InChI is InChI=1S/C18H19Cl2NO4S/c1-21(18(23)24)10-13(11-7-8-14(19)15(20)9-11)17(22)12-5-3-4-6-16(12)26(2)25/h3-9,13,17,22H,10H2,1-2H3,(H,23,24). The zero-order valence-electron chi connectivity index (χ0n) is 14.2. The van der Waals surface area contributed by atoms with Crippen molar-refractivity contribution in [1.82, 2.24) is 4.90 Å². The number of aliphatic hydroxyl groups excluding tert-OH is 1. The van der Waals surface area contributed by atoms with E-state index in [0.29, 0.717) is 26.1 Å². The number of carboxylic acid groups (broad SMARTS) is 1. The lowest BCUT2D eigenvalue weighted by Crippen LogP contribution is -2.32. The average Bonchev–Trinajstić information content (AvgIpc) is 2.61. The first-order valence-corrected chi connectivity index (χ1v) is 10.0. The Hall–Kier alpha value is -1.60. The highest BCUT2D eigenvalue weighted by Gasteiger charge is 2.28. The van der Waals surface area contributed by atoms with Gasteiger partial charge < -0.3 is 15.1 Å². The highest BCUT2D eigenvalue weighted by molar-refractivity contribution is 7.84. The van der Waals surface area contributed by atoms with Gasteiger partial charge in [-0.1, -0.05) is 47.5 Å². The molecule has 0 aromatic heterocycles. The highest BCUT2D eigenvalue weighted by Crippen LogP contribution is 2.36. The Labute approximate surface area is 164 Å². The Morgan fingerprint density at radius 2 is 1.85 bits per heavy atom. The second-order valence-electron chi connectivity index (χ2n) is 5.88. The van der Waals surface area contributed by atoms with E-state index in [4.69, 9.17) is 23.2 Å². The Bertz CT molecular complexity index is 831. The molecular weight excluding hydrogens is 397 g/mol. The lowest BCUT2D eigenvalue weighted by Gasteiger charge is -2.28. The van der Waals surface area contributed by atoms with Crippen LogP contribution in [-0.4, -0.2) is 45.3 Å². The molecule has 0 aliphatic heterocycles. The molecule has 0 bridgehead atoms. The minimum absolute atomic E-state index is 0.0269. The Morgan fingerprint density at radius 3 is 2.42 bits per heavy atom. The van der Waals surface area contributed by atoms with E-state index in [1.54, 1.807) is 42.5 Å². The minimum Gasteiger partial charge on any atom is -0.465 e. The quantitative estimate of drug-likeness (QED) is 0.742. The first-order chi connectivity index (χ1) is 12.2. The van der Waals surface area contributed by atoms with Crippen molar-refractivity contribution in [3.05, 3.63) is 63.6 Å². The molecule has 0 spiro atoms. The van der Waals surface area contributed by atoms with E-state index >= 15 is 0 Å². The number of hydrogen-bond donors (Lipinski definition) is 2. The Morgan fingerprint density at radius 1 is 1.19 bits per heavy atom. The summed E-state index contributed by atoms with van der Waals surface area (Å²) in [5.74, 6) is -0.615. The van der Waals surface area contributed by atoms with Crippen molar-refractivity contribution in [2.24, 2.45) is 0 Å². The molecule has 0 aliphatic carbocycles. The van der Waals surface area contributed by atoms with Gasteiger partial charge in [0, 0.05) is 30.7 Å². The van der Waals surface area contributed by atoms with Crippen molar-refractivity contribution in [2.45, 2.75) is 16.9 Å². The summed E-state index contributed by atoms with van der Waals surface area (Å²) in [5.41, 5.74) is 1.12. The van der Waals surface area contributed by atoms with Crippen LogP contribution in [-0.2, 0) is 10.8 Å². The molecule has 1 amide bonds. The van der Waals surface area contributed by atoms with Gasteiger partial charge in [0.05, 0.1) is 26.9 Å². The Balaban J connectivity index is 2.51. The third-order valence-corrected chi connectivity index (χ3v) is 5.83. The van der Waals surface area contributed by atoms with Crippen LogP contribution in [0.1, 0.15) is 23.1 Å². The molecule has 3 unspecified atom stereocenters. The minimum atomic E-state index is -1.30. The number of halogens is 2. The SMILES string of the molecule is CN(CC(c1ccc(Cl)c(Cl)c1)C(O)c1ccccc1S(C)=O)C(=O)O. The first-order valence-electron chi connectivity index (χ1n) is 7.71. The molecule has 0 fully saturated rings. The number of aliphatic hydroxyl groups is 1. The van der Waals surface area contributed by atoms with Crippen LogP contribution < -0.4 is 0 Å². The number of nitrogens with zero attached hydrogens (tertiary/aromatic N) is 1. The predicted molar refractivity (Wildman–Crippen MR) is 104 cm³/mol. The van der Waals surface area contributed by atoms with E-state index in [1.807, 2.05) is 0 Å². The van der Waals surface area contributed by atoms with Gasteiger partial charge in [0.1, 0.15) is 0 Å². The molecule has 2 N–H and O–H groups in total. The molecule has 0 heterocycles. The number of likely N-dealkylation sites (N-methyl/N-ethyl adjacent to an activating group) is 1. The number of hydrogen-bond acceptors (Lipinski definition) is 3. The average molecular weight is 416 g/mol. The summed E-state index contributed by atoms with van der Waals surface area (Å²) in [7, 11) is 0.119. The number of amides is 1. The van der Waals surface area contributed by atoms with Gasteiger partial charge in [-0.15, -0.1) is 0 Å². The maximum Gasteiger partial charge on any atom is 0.407 e. The van der Waals surface area contributed by atoms with Crippen molar-refractivity contribution >= 4 is 40.1 Å². The third kappa shape index (κ3) is 4.76. The smallest absolute Gasteiger partial charge is 0.407 e. The molecule has 5 nitrogen and oxygen atoms in total. The van der Waals surface area contributed by atoms with Gasteiger partial charge >= 0.3 is 6.09 Å². The molecule has 2 rings (SSSR count). The van der Waals surface area contributed by atoms with Crippen molar-refractivity contribution < 1.29 is 19.2 Å². The lowest BCUT2D eigenvalue weighted by atomic mass is 9.88. The van der Waals surface area contributed by atoms with Crippen molar-refractivity contribution in [1.29, 1.82) is 0 Å². The van der Waals surface area contributed by atoms with E-state index in [9.17, 15) is 19.2 Å². The zero-order valence-corrected chi connectivity index (χ0v) is 16.6. The summed E-state index contributed by atoms with van der Waals surface area (Å²) in [5, 5.41) is 20.9. The predicted octanol–water partition coefficient (Wildman–Crippen LogP) is 4.16. The fraction of sp³-hybridized carbons (Fsp3) is 0.278. The molecule has 0 aliphatic rings. The maximum atomic E-state index is 12.0. The van der Waals surface area contributed by atoms with Crippen LogP contribution >= 0.6 is 23.2 Å². The summed E-state index contributed by atoms with van der Waals surface area (Å²) in [4.78, 5) is 12.9. The zero-order chi connectivity index (χ0) is 19.4. The van der Waals surface area contributed by atoms with E-state index in [2.05, 4.69) is 0 Å². The van der Waals surface area contributed by atoms with Gasteiger partial charge in [0.25, 0.3) is 0 Å². The molecular formula is C18H19Cl2NO4S. The van der Waals surface area contributed by atoms with E-state index < -0.39 is 28.9 Å². The van der Waals surface area contributed by atoms with E-state index in [0.717, 1.165) is 4.90 Å². The first kappa shape index (κ1) is 20.7. The van der Waals surface area contributed by atoms with Crippen LogP contribution in [0.3, 0.4) is 0 Å². The van der Waals surface area contributed by atoms with Gasteiger partial charge in [-0.05, 0) is 29.3 Å². The molecule has 0 saturated carbocycles. The summed E-state index contributed by atoms with van der Waals surface area (Å²) >= 11 is 12.1. The van der Waals surface area contributed by atoms with Crippen LogP contribution in [0.5, 0.6) is 0 Å². The second kappa shape index (κ2) is 8.86. The van der Waals surface area contributed by atoms with Crippen LogP contribution in [0.25, 0.3) is 0 Å². The molecule has 8 heteroatoms. The molecule has 3 atom stereocenters. The molecule has 140 valence electrons. The molecule has 2 aromatic carbocycles. The van der Waals surface area contributed by atoms with Crippen LogP contribution in [0, 0.1) is 0 Å². The van der Waals surface area contributed by atoms with E-state index in [1.165, 1.54) is 13.3 Å². The van der Waals surface area contributed by atoms with Crippen molar-refractivity contribution in [3.63, 3.8) is 0 Å². The van der Waals surface area contributed by atoms with Crippen molar-refractivity contribution in [2.75, 3.05) is 19.8 Å². The topological polar surface area (TPSA) is 77.8 Å². The van der Waals surface area contributed by atoms with Gasteiger partial charge in [-0.25, -0.2) is 4.79 Å². The monoisotopic (exact) mass is 415 g/mol. The number of carbonyl (C=O) groups is 1.